The van der Waals surface area contributed by atoms with Crippen molar-refractivity contribution >= 4 is 11.3 Å². The van der Waals surface area contributed by atoms with E-state index in [1.165, 1.54) is 16.0 Å². The molecule has 0 aliphatic heterocycles. The van der Waals surface area contributed by atoms with Gasteiger partial charge in [0.05, 0.1) is 12.1 Å². The molecule has 19 heavy (non-hydrogen) atoms. The number of aliphatic hydroxyl groups is 1. The molecule has 1 aromatic carbocycles. The number of benzene rings is 1. The molecule has 2 nitrogen and oxygen atoms in total. The zero-order chi connectivity index (χ0) is 13.9. The van der Waals surface area contributed by atoms with Gasteiger partial charge < -0.3 is 10.4 Å². The van der Waals surface area contributed by atoms with Crippen LogP contribution in [0.5, 0.6) is 0 Å². The van der Waals surface area contributed by atoms with Gasteiger partial charge in [0.25, 0.3) is 0 Å². The molecule has 0 bridgehead atoms. The first-order chi connectivity index (χ1) is 9.05. The Morgan fingerprint density at radius 3 is 2.58 bits per heavy atom. The van der Waals surface area contributed by atoms with E-state index in [1.807, 2.05) is 13.0 Å². The van der Waals surface area contributed by atoms with Crippen LogP contribution in [0.3, 0.4) is 0 Å². The van der Waals surface area contributed by atoms with Crippen LogP contribution in [0.4, 0.5) is 0 Å². The third-order valence-electron chi connectivity index (χ3n) is 3.69. The Morgan fingerprint density at radius 2 is 2.00 bits per heavy atom. The fraction of sp³-hybridized carbons (Fsp3) is 0.375. The lowest BCUT2D eigenvalue weighted by atomic mass is 9.90. The zero-order valence-corrected chi connectivity index (χ0v) is 12.6. The summed E-state index contributed by atoms with van der Waals surface area (Å²) in [6.45, 7) is 7.12. The molecule has 3 heteroatoms. The second-order valence-electron chi connectivity index (χ2n) is 5.22. The van der Waals surface area contributed by atoms with E-state index in [1.54, 1.807) is 11.3 Å². The fourth-order valence-electron chi connectivity index (χ4n) is 2.03. The fourth-order valence-corrected chi connectivity index (χ4v) is 2.67. The molecule has 1 aromatic heterocycles. The molecule has 0 saturated heterocycles. The normalized spacial score (nSPS) is 14.3. The van der Waals surface area contributed by atoms with Crippen molar-refractivity contribution in [2.45, 2.75) is 32.9 Å². The molecule has 0 radical (unpaired) electrons. The summed E-state index contributed by atoms with van der Waals surface area (Å²) in [7, 11) is 0. The molecule has 2 N–H and O–H groups in total. The number of aryl methyl sites for hydroxylation is 2. The van der Waals surface area contributed by atoms with Crippen molar-refractivity contribution in [3.8, 4) is 0 Å². The van der Waals surface area contributed by atoms with Gasteiger partial charge in [0.1, 0.15) is 0 Å². The topological polar surface area (TPSA) is 32.3 Å². The van der Waals surface area contributed by atoms with Gasteiger partial charge in [0.2, 0.25) is 0 Å². The van der Waals surface area contributed by atoms with Gasteiger partial charge in [-0.25, -0.2) is 0 Å². The predicted octanol–water partition coefficient (Wildman–Crippen LogP) is 3.36. The summed E-state index contributed by atoms with van der Waals surface area (Å²) in [5.41, 5.74) is 3.27. The van der Waals surface area contributed by atoms with Crippen LogP contribution in [0.2, 0.25) is 0 Å². The van der Waals surface area contributed by atoms with Gasteiger partial charge >= 0.3 is 0 Å². The van der Waals surface area contributed by atoms with E-state index in [2.05, 4.69) is 48.8 Å². The molecule has 0 amide bonds. The van der Waals surface area contributed by atoms with Crippen molar-refractivity contribution in [3.63, 3.8) is 0 Å². The SMILES string of the molecule is Cc1ccc(C(C)(CO)NCc2cccs2)cc1C. The summed E-state index contributed by atoms with van der Waals surface area (Å²) in [5, 5.41) is 15.3. The number of hydrogen-bond donors (Lipinski definition) is 2. The van der Waals surface area contributed by atoms with E-state index >= 15 is 0 Å². The summed E-state index contributed by atoms with van der Waals surface area (Å²) < 4.78 is 0. The van der Waals surface area contributed by atoms with Crippen LogP contribution in [0.1, 0.15) is 28.5 Å². The van der Waals surface area contributed by atoms with Crippen molar-refractivity contribution in [2.24, 2.45) is 0 Å². The van der Waals surface area contributed by atoms with Gasteiger partial charge in [-0.3, -0.25) is 0 Å². The maximum atomic E-state index is 9.77. The lowest BCUT2D eigenvalue weighted by Gasteiger charge is -2.30. The first-order valence-electron chi connectivity index (χ1n) is 6.51. The van der Waals surface area contributed by atoms with Crippen molar-refractivity contribution in [2.75, 3.05) is 6.61 Å². The second-order valence-corrected chi connectivity index (χ2v) is 6.25. The Balaban J connectivity index is 2.18. The average molecular weight is 275 g/mol. The van der Waals surface area contributed by atoms with Crippen LogP contribution in [0.25, 0.3) is 0 Å². The van der Waals surface area contributed by atoms with Gasteiger partial charge in [-0.15, -0.1) is 11.3 Å². The molecule has 2 aromatic rings. The van der Waals surface area contributed by atoms with Crippen LogP contribution in [0.15, 0.2) is 35.7 Å². The first kappa shape index (κ1) is 14.3. The summed E-state index contributed by atoms with van der Waals surface area (Å²) in [4.78, 5) is 1.28. The van der Waals surface area contributed by atoms with Crippen molar-refractivity contribution < 1.29 is 5.11 Å². The highest BCUT2D eigenvalue weighted by Crippen LogP contribution is 2.24. The monoisotopic (exact) mass is 275 g/mol. The Morgan fingerprint density at radius 1 is 1.21 bits per heavy atom. The Kier molecular flexibility index (Phi) is 4.40. The van der Waals surface area contributed by atoms with E-state index in [9.17, 15) is 5.11 Å². The van der Waals surface area contributed by atoms with Gasteiger partial charge in [0.15, 0.2) is 0 Å². The Hall–Kier alpha value is -1.16. The van der Waals surface area contributed by atoms with Crippen LogP contribution in [0, 0.1) is 13.8 Å². The van der Waals surface area contributed by atoms with E-state index in [0.29, 0.717) is 0 Å². The quantitative estimate of drug-likeness (QED) is 0.877. The molecule has 1 atom stereocenters. The summed E-state index contributed by atoms with van der Waals surface area (Å²) >= 11 is 1.73. The maximum absolute atomic E-state index is 9.77. The highest BCUT2D eigenvalue weighted by Gasteiger charge is 2.25. The van der Waals surface area contributed by atoms with E-state index in [-0.39, 0.29) is 6.61 Å². The number of thiophene rings is 1. The van der Waals surface area contributed by atoms with Gasteiger partial charge in [-0.1, -0.05) is 24.3 Å². The van der Waals surface area contributed by atoms with Gasteiger partial charge in [-0.05, 0) is 48.9 Å². The second kappa shape index (κ2) is 5.87. The van der Waals surface area contributed by atoms with E-state index < -0.39 is 5.54 Å². The van der Waals surface area contributed by atoms with Gasteiger partial charge in [-0.2, -0.15) is 0 Å². The molecule has 0 saturated carbocycles. The van der Waals surface area contributed by atoms with E-state index in [4.69, 9.17) is 0 Å². The molecule has 0 aliphatic carbocycles. The number of nitrogens with one attached hydrogen (secondary N) is 1. The molecule has 2 rings (SSSR count). The minimum absolute atomic E-state index is 0.0842. The van der Waals surface area contributed by atoms with Crippen LogP contribution >= 0.6 is 11.3 Å². The van der Waals surface area contributed by atoms with Crippen molar-refractivity contribution in [3.05, 3.63) is 57.3 Å². The third kappa shape index (κ3) is 3.24. The maximum Gasteiger partial charge on any atom is 0.0652 e. The van der Waals surface area contributed by atoms with Crippen LogP contribution in [-0.4, -0.2) is 11.7 Å². The largest absolute Gasteiger partial charge is 0.394 e. The molecule has 0 aliphatic rings. The average Bonchev–Trinajstić information content (AvgIpc) is 2.92. The zero-order valence-electron chi connectivity index (χ0n) is 11.7. The third-order valence-corrected chi connectivity index (χ3v) is 4.57. The first-order valence-corrected chi connectivity index (χ1v) is 7.39. The number of rotatable bonds is 5. The van der Waals surface area contributed by atoms with Crippen LogP contribution in [-0.2, 0) is 12.1 Å². The summed E-state index contributed by atoms with van der Waals surface area (Å²) in [6.07, 6.45) is 0. The van der Waals surface area contributed by atoms with Crippen molar-refractivity contribution in [1.82, 2.24) is 5.32 Å². The minimum atomic E-state index is -0.400. The molecule has 0 spiro atoms. The standard InChI is InChI=1S/C16H21NOS/c1-12-6-7-14(9-13(12)2)16(3,11-18)17-10-15-5-4-8-19-15/h4-9,17-18H,10-11H2,1-3H3. The van der Waals surface area contributed by atoms with Gasteiger partial charge in [0, 0.05) is 11.4 Å². The number of hydrogen-bond acceptors (Lipinski definition) is 3. The lowest BCUT2D eigenvalue weighted by Crippen LogP contribution is -2.42. The Labute approximate surface area is 119 Å². The van der Waals surface area contributed by atoms with Crippen LogP contribution < -0.4 is 5.32 Å². The molecule has 1 heterocycles. The smallest absolute Gasteiger partial charge is 0.0652 e. The highest BCUT2D eigenvalue weighted by molar-refractivity contribution is 7.09. The molecule has 0 fully saturated rings. The summed E-state index contributed by atoms with van der Waals surface area (Å²) in [5.74, 6) is 0. The summed E-state index contributed by atoms with van der Waals surface area (Å²) in [6, 6.07) is 10.5. The number of aliphatic hydroxyl groups excluding tert-OH is 1. The predicted molar refractivity (Wildman–Crippen MR) is 81.5 cm³/mol. The van der Waals surface area contributed by atoms with E-state index in [0.717, 1.165) is 12.1 Å². The van der Waals surface area contributed by atoms with Crippen molar-refractivity contribution in [1.29, 1.82) is 0 Å². The molecular weight excluding hydrogens is 254 g/mol. The highest BCUT2D eigenvalue weighted by atomic mass is 32.1. The lowest BCUT2D eigenvalue weighted by molar-refractivity contribution is 0.174. The molecule has 102 valence electrons. The Bertz CT molecular complexity index is 536. The molecule has 1 unspecified atom stereocenters. The molecular formula is C16H21NOS. The minimum Gasteiger partial charge on any atom is -0.394 e.